The number of hydrogen-bond donors (Lipinski definition) is 0. The first kappa shape index (κ1) is 32.1. The first-order valence-corrected chi connectivity index (χ1v) is 13.6. The number of carbonyl (C=O) groups excluding carboxylic acids is 5. The van der Waals surface area contributed by atoms with Gasteiger partial charge in [0, 0.05) is 18.0 Å². The summed E-state index contributed by atoms with van der Waals surface area (Å²) >= 11 is 0. The smallest absolute Gasteiger partial charge is 0.338 e. The van der Waals surface area contributed by atoms with E-state index in [2.05, 4.69) is 10.0 Å². The lowest BCUT2D eigenvalue weighted by molar-refractivity contribution is -0.157. The lowest BCUT2D eigenvalue weighted by Gasteiger charge is -2.30. The maximum absolute atomic E-state index is 13.4. The van der Waals surface area contributed by atoms with Crippen molar-refractivity contribution in [3.05, 3.63) is 130 Å². The number of ketones is 1. The van der Waals surface area contributed by atoms with E-state index in [9.17, 15) is 29.5 Å². The second-order valence-electron chi connectivity index (χ2n) is 9.77. The van der Waals surface area contributed by atoms with Gasteiger partial charge in [-0.25, -0.2) is 14.4 Å². The minimum absolute atomic E-state index is 0.0881. The van der Waals surface area contributed by atoms with Crippen molar-refractivity contribution in [3.63, 3.8) is 0 Å². The molecule has 4 atom stereocenters. The van der Waals surface area contributed by atoms with Crippen LogP contribution in [0.5, 0.6) is 0 Å². The van der Waals surface area contributed by atoms with Crippen LogP contribution >= 0.6 is 0 Å². The van der Waals surface area contributed by atoms with Gasteiger partial charge in [0.2, 0.25) is 11.6 Å². The van der Waals surface area contributed by atoms with Crippen molar-refractivity contribution in [2.75, 3.05) is 6.61 Å². The Bertz CT molecular complexity index is 1630. The van der Waals surface area contributed by atoms with Crippen molar-refractivity contribution in [1.82, 2.24) is 4.90 Å². The zero-order chi connectivity index (χ0) is 32.4. The predicted molar refractivity (Wildman–Crippen MR) is 157 cm³/mol. The number of ether oxygens (including phenoxy) is 4. The zero-order valence-corrected chi connectivity index (χ0v) is 24.2. The van der Waals surface area contributed by atoms with Crippen LogP contribution < -0.4 is 0 Å². The van der Waals surface area contributed by atoms with Crippen molar-refractivity contribution in [3.8, 4) is 0 Å². The summed E-state index contributed by atoms with van der Waals surface area (Å²) in [5.74, 6) is -3.76. The Balaban J connectivity index is 1.83. The van der Waals surface area contributed by atoms with Crippen LogP contribution in [0.3, 0.4) is 0 Å². The largest absolute Gasteiger partial charge is 0.459 e. The highest BCUT2D eigenvalue weighted by molar-refractivity contribution is 5.91. The Morgan fingerprint density at radius 1 is 0.822 bits per heavy atom. The molecule has 1 fully saturated rings. The number of esters is 3. The van der Waals surface area contributed by atoms with Gasteiger partial charge in [0.25, 0.3) is 0 Å². The minimum Gasteiger partial charge on any atom is -0.459 e. The van der Waals surface area contributed by atoms with Crippen LogP contribution in [0, 0.1) is 0 Å². The van der Waals surface area contributed by atoms with Crippen molar-refractivity contribution in [1.29, 1.82) is 0 Å². The maximum Gasteiger partial charge on any atom is 0.338 e. The number of nitrogens with zero attached hydrogens (tertiary/aromatic N) is 4. The van der Waals surface area contributed by atoms with Crippen LogP contribution in [0.15, 0.2) is 108 Å². The van der Waals surface area contributed by atoms with Gasteiger partial charge < -0.3 is 18.9 Å². The average Bonchev–Trinajstić information content (AvgIpc) is 3.32. The fourth-order valence-corrected chi connectivity index (χ4v) is 4.45. The molecular formula is C32H28N4O9. The van der Waals surface area contributed by atoms with E-state index in [4.69, 9.17) is 18.9 Å². The molecule has 1 saturated heterocycles. The molecule has 3 aromatic rings. The topological polar surface area (TPSA) is 174 Å². The number of hydrogen-bond acceptors (Lipinski definition) is 10. The summed E-state index contributed by atoms with van der Waals surface area (Å²) < 4.78 is 23.2. The van der Waals surface area contributed by atoms with Gasteiger partial charge in [-0.2, -0.15) is 0 Å². The normalized spacial score (nSPS) is 20.4. The van der Waals surface area contributed by atoms with Gasteiger partial charge in [-0.05, 0) is 54.9 Å². The van der Waals surface area contributed by atoms with E-state index >= 15 is 0 Å². The van der Waals surface area contributed by atoms with Gasteiger partial charge >= 0.3 is 17.9 Å². The second kappa shape index (κ2) is 14.6. The lowest BCUT2D eigenvalue weighted by Crippen LogP contribution is -2.50. The highest BCUT2D eigenvalue weighted by atomic mass is 16.7. The Labute approximate surface area is 257 Å². The summed E-state index contributed by atoms with van der Waals surface area (Å²) in [6.45, 7) is 1.57. The third-order valence-electron chi connectivity index (χ3n) is 6.59. The fourth-order valence-electron chi connectivity index (χ4n) is 4.45. The third kappa shape index (κ3) is 7.79. The Hall–Kier alpha value is -5.78. The number of azide groups is 1. The molecule has 1 aliphatic rings. The Kier molecular flexibility index (Phi) is 10.4. The third-order valence-corrected chi connectivity index (χ3v) is 6.59. The van der Waals surface area contributed by atoms with Crippen molar-refractivity contribution in [2.45, 2.75) is 38.0 Å². The van der Waals surface area contributed by atoms with Gasteiger partial charge in [-0.15, -0.1) is 0 Å². The van der Waals surface area contributed by atoms with E-state index in [1.165, 1.54) is 43.3 Å². The molecule has 1 heterocycles. The van der Waals surface area contributed by atoms with Crippen LogP contribution in [0.4, 0.5) is 0 Å². The molecule has 0 spiro atoms. The van der Waals surface area contributed by atoms with E-state index in [1.807, 2.05) is 0 Å². The summed E-state index contributed by atoms with van der Waals surface area (Å²) in [6, 6.07) is 23.5. The van der Waals surface area contributed by atoms with E-state index in [0.29, 0.717) is 0 Å². The summed E-state index contributed by atoms with van der Waals surface area (Å²) in [5.41, 5.74) is 7.65. The summed E-state index contributed by atoms with van der Waals surface area (Å²) in [4.78, 5) is 68.1. The Morgan fingerprint density at radius 2 is 1.31 bits per heavy atom. The van der Waals surface area contributed by atoms with Crippen LogP contribution in [0.2, 0.25) is 0 Å². The van der Waals surface area contributed by atoms with Crippen molar-refractivity contribution in [2.24, 2.45) is 5.11 Å². The van der Waals surface area contributed by atoms with Crippen molar-refractivity contribution >= 4 is 29.6 Å². The quantitative estimate of drug-likeness (QED) is 0.0748. The second-order valence-corrected chi connectivity index (χ2v) is 9.77. The molecular weight excluding hydrogens is 584 g/mol. The van der Waals surface area contributed by atoms with Crippen molar-refractivity contribution < 1.29 is 42.9 Å². The average molecular weight is 613 g/mol. The molecule has 45 heavy (non-hydrogen) atoms. The van der Waals surface area contributed by atoms with Crippen LogP contribution in [-0.4, -0.2) is 65.3 Å². The number of allylic oxidation sites excluding steroid dienone is 1. The fraction of sp³-hybridized carbons (Fsp3) is 0.219. The molecule has 13 nitrogen and oxygen atoms in total. The van der Waals surface area contributed by atoms with Gasteiger partial charge in [-0.1, -0.05) is 59.7 Å². The number of benzene rings is 3. The monoisotopic (exact) mass is 612 g/mol. The molecule has 4 rings (SSSR count). The molecule has 1 amide bonds. The number of rotatable bonds is 11. The first-order chi connectivity index (χ1) is 21.6. The molecule has 0 aliphatic carbocycles. The predicted octanol–water partition coefficient (Wildman–Crippen LogP) is 4.61. The zero-order valence-electron chi connectivity index (χ0n) is 24.2. The van der Waals surface area contributed by atoms with Gasteiger partial charge in [0.05, 0.1) is 16.7 Å². The van der Waals surface area contributed by atoms with E-state index < -0.39 is 60.4 Å². The Morgan fingerprint density at radius 3 is 1.78 bits per heavy atom. The molecule has 3 aromatic carbocycles. The van der Waals surface area contributed by atoms with E-state index in [1.54, 1.807) is 54.6 Å². The minimum atomic E-state index is -2.35. The van der Waals surface area contributed by atoms with E-state index in [0.717, 1.165) is 24.1 Å². The number of amides is 1. The molecule has 0 aromatic heterocycles. The summed E-state index contributed by atoms with van der Waals surface area (Å²) in [6.07, 6.45) is -2.90. The summed E-state index contributed by atoms with van der Waals surface area (Å²) in [5, 5.41) is 3.75. The molecule has 0 unspecified atom stereocenters. The molecule has 1 aliphatic heterocycles. The lowest BCUT2D eigenvalue weighted by atomic mass is 10.0. The SMILES string of the molecule is CC(=O)/C=C\N(C(C)=O)[C@@H]1O[C@@](COC(=O)c2ccccc2)(N=[N+]=[N-])[C@@H](OC(=O)c2ccccc2)[C@@H]1OC(=O)c1ccccc1. The highest BCUT2D eigenvalue weighted by Gasteiger charge is 2.62. The summed E-state index contributed by atoms with van der Waals surface area (Å²) in [7, 11) is 0. The van der Waals surface area contributed by atoms with Gasteiger partial charge in [0.1, 0.15) is 6.61 Å². The standard InChI is InChI=1S/C32H28N4O9/c1-21(37)18-19-36(22(2)38)28-26(43-30(40)24-14-8-4-9-15-24)27(44-31(41)25-16-10-5-11-17-25)32(45-28,34-35-33)20-42-29(39)23-12-6-3-7-13-23/h3-19,26-28H,20H2,1-2H3/b19-18-/t26-,27-,28+,32+/m0/s1. The maximum atomic E-state index is 13.4. The van der Waals surface area contributed by atoms with Crippen LogP contribution in [0.1, 0.15) is 44.9 Å². The molecule has 0 radical (unpaired) electrons. The number of carbonyl (C=O) groups is 5. The van der Waals surface area contributed by atoms with Crippen LogP contribution in [-0.2, 0) is 28.5 Å². The molecule has 0 bridgehead atoms. The van der Waals surface area contributed by atoms with Gasteiger partial charge in [-0.3, -0.25) is 14.5 Å². The molecule has 0 N–H and O–H groups in total. The first-order valence-electron chi connectivity index (χ1n) is 13.6. The highest BCUT2D eigenvalue weighted by Crippen LogP contribution is 2.40. The van der Waals surface area contributed by atoms with Gasteiger partial charge in [0.15, 0.2) is 24.2 Å². The molecule has 13 heteroatoms. The van der Waals surface area contributed by atoms with E-state index in [-0.39, 0.29) is 16.7 Å². The van der Waals surface area contributed by atoms with Crippen LogP contribution in [0.25, 0.3) is 10.4 Å². The molecule has 230 valence electrons. The molecule has 0 saturated carbocycles.